The summed E-state index contributed by atoms with van der Waals surface area (Å²) in [5, 5.41) is 11.8. The van der Waals surface area contributed by atoms with E-state index >= 15 is 0 Å². The van der Waals surface area contributed by atoms with Crippen LogP contribution in [0, 0.1) is 11.3 Å². The van der Waals surface area contributed by atoms with Crippen LogP contribution >= 0.6 is 0 Å². The quantitative estimate of drug-likeness (QED) is 0.602. The van der Waals surface area contributed by atoms with Crippen LogP contribution in [-0.2, 0) is 9.84 Å². The molecule has 5 nitrogen and oxygen atoms in total. The molecule has 0 atom stereocenters. The van der Waals surface area contributed by atoms with Gasteiger partial charge in [0.15, 0.2) is 0 Å². The van der Waals surface area contributed by atoms with E-state index in [0.29, 0.717) is 24.2 Å². The Labute approximate surface area is 101 Å². The maximum atomic E-state index is 10.9. The van der Waals surface area contributed by atoms with Gasteiger partial charge in [0.2, 0.25) is 0 Å². The number of nitrogens with zero attached hydrogens (tertiary/aromatic N) is 1. The van der Waals surface area contributed by atoms with Crippen molar-refractivity contribution in [1.29, 1.82) is 5.26 Å². The summed E-state index contributed by atoms with van der Waals surface area (Å²) in [7, 11) is -2.91. The number of sulfone groups is 1. The molecule has 0 aliphatic carbocycles. The van der Waals surface area contributed by atoms with Crippen LogP contribution in [0.1, 0.15) is 12.0 Å². The molecule has 0 bridgehead atoms. The van der Waals surface area contributed by atoms with E-state index in [1.165, 1.54) is 6.26 Å². The molecular formula is C11H15N3O2S. The predicted molar refractivity (Wildman–Crippen MR) is 68.4 cm³/mol. The van der Waals surface area contributed by atoms with Gasteiger partial charge in [-0.3, -0.25) is 0 Å². The number of nitrogen functional groups attached to an aromatic ring is 1. The molecule has 0 saturated heterocycles. The molecule has 0 radical (unpaired) electrons. The lowest BCUT2D eigenvalue weighted by Gasteiger charge is -2.07. The van der Waals surface area contributed by atoms with Crippen molar-refractivity contribution < 1.29 is 8.42 Å². The number of benzene rings is 1. The van der Waals surface area contributed by atoms with Crippen molar-refractivity contribution in [3.63, 3.8) is 0 Å². The molecule has 0 amide bonds. The first-order chi connectivity index (χ1) is 7.92. The second-order valence-electron chi connectivity index (χ2n) is 3.82. The molecule has 0 aliphatic heterocycles. The maximum Gasteiger partial charge on any atom is 0.147 e. The monoisotopic (exact) mass is 253 g/mol. The smallest absolute Gasteiger partial charge is 0.147 e. The molecule has 0 fully saturated rings. The van der Waals surface area contributed by atoms with Gasteiger partial charge in [-0.2, -0.15) is 5.26 Å². The molecule has 1 rings (SSSR count). The van der Waals surface area contributed by atoms with E-state index < -0.39 is 9.84 Å². The zero-order chi connectivity index (χ0) is 12.9. The molecule has 1 aromatic carbocycles. The van der Waals surface area contributed by atoms with Gasteiger partial charge in [-0.05, 0) is 24.6 Å². The van der Waals surface area contributed by atoms with Crippen LogP contribution in [0.5, 0.6) is 0 Å². The second kappa shape index (κ2) is 5.55. The average molecular weight is 253 g/mol. The fourth-order valence-electron chi connectivity index (χ4n) is 1.34. The van der Waals surface area contributed by atoms with Crippen LogP contribution in [0.25, 0.3) is 0 Å². The second-order valence-corrected chi connectivity index (χ2v) is 6.08. The van der Waals surface area contributed by atoms with E-state index in [4.69, 9.17) is 11.0 Å². The van der Waals surface area contributed by atoms with Gasteiger partial charge in [0, 0.05) is 18.5 Å². The highest BCUT2D eigenvalue weighted by molar-refractivity contribution is 7.90. The van der Waals surface area contributed by atoms with Crippen molar-refractivity contribution in [1.82, 2.24) is 0 Å². The standard InChI is InChI=1S/C11H15N3O2S/c1-17(15,16)6-2-5-14-10-4-3-9(8-12)11(13)7-10/h3-4,7,14H,2,5-6,13H2,1H3. The highest BCUT2D eigenvalue weighted by atomic mass is 32.2. The number of rotatable bonds is 5. The summed E-state index contributed by atoms with van der Waals surface area (Å²) in [6.07, 6.45) is 1.76. The first-order valence-corrected chi connectivity index (χ1v) is 7.19. The van der Waals surface area contributed by atoms with Crippen molar-refractivity contribution in [2.24, 2.45) is 0 Å². The Kier molecular flexibility index (Phi) is 4.35. The zero-order valence-electron chi connectivity index (χ0n) is 9.60. The van der Waals surface area contributed by atoms with Crippen molar-refractivity contribution in [3.05, 3.63) is 23.8 Å². The fourth-order valence-corrected chi connectivity index (χ4v) is 2.01. The molecular weight excluding hydrogens is 238 g/mol. The average Bonchev–Trinajstić information content (AvgIpc) is 2.23. The fraction of sp³-hybridized carbons (Fsp3) is 0.364. The number of hydrogen-bond donors (Lipinski definition) is 2. The Morgan fingerprint density at radius 2 is 2.18 bits per heavy atom. The number of nitriles is 1. The van der Waals surface area contributed by atoms with Gasteiger partial charge in [-0.15, -0.1) is 0 Å². The van der Waals surface area contributed by atoms with Crippen LogP contribution in [0.4, 0.5) is 11.4 Å². The van der Waals surface area contributed by atoms with Gasteiger partial charge in [-0.1, -0.05) is 0 Å². The van der Waals surface area contributed by atoms with Crippen LogP contribution in [-0.4, -0.2) is 27.0 Å². The number of nitrogens with two attached hydrogens (primary N) is 1. The Morgan fingerprint density at radius 3 is 2.71 bits per heavy atom. The van der Waals surface area contributed by atoms with Crippen LogP contribution in [0.2, 0.25) is 0 Å². The van der Waals surface area contributed by atoms with Crippen LogP contribution in [0.15, 0.2) is 18.2 Å². The lowest BCUT2D eigenvalue weighted by atomic mass is 10.2. The minimum atomic E-state index is -2.91. The Bertz CT molecular complexity index is 532. The molecule has 3 N–H and O–H groups in total. The Balaban J connectivity index is 2.48. The predicted octanol–water partition coefficient (Wildman–Crippen LogP) is 0.987. The molecule has 0 unspecified atom stereocenters. The minimum Gasteiger partial charge on any atom is -0.398 e. The highest BCUT2D eigenvalue weighted by Gasteiger charge is 2.02. The van der Waals surface area contributed by atoms with E-state index in [1.54, 1.807) is 18.2 Å². The summed E-state index contributed by atoms with van der Waals surface area (Å²) in [4.78, 5) is 0. The third kappa shape index (κ3) is 4.74. The van der Waals surface area contributed by atoms with Gasteiger partial charge in [0.25, 0.3) is 0 Å². The molecule has 17 heavy (non-hydrogen) atoms. The Hall–Kier alpha value is -1.74. The van der Waals surface area contributed by atoms with Gasteiger partial charge >= 0.3 is 0 Å². The molecule has 0 aliphatic rings. The van der Waals surface area contributed by atoms with Gasteiger partial charge < -0.3 is 11.1 Å². The van der Waals surface area contributed by atoms with E-state index in [9.17, 15) is 8.42 Å². The lowest BCUT2D eigenvalue weighted by Crippen LogP contribution is -2.09. The summed E-state index contributed by atoms with van der Waals surface area (Å²) in [5.74, 6) is 0.158. The SMILES string of the molecule is CS(=O)(=O)CCCNc1ccc(C#N)c(N)c1. The molecule has 1 aromatic rings. The summed E-state index contributed by atoms with van der Waals surface area (Å²) in [6, 6.07) is 7.02. The first kappa shape index (κ1) is 13.3. The summed E-state index contributed by atoms with van der Waals surface area (Å²) >= 11 is 0. The van der Waals surface area contributed by atoms with Gasteiger partial charge in [0.05, 0.1) is 17.0 Å². The Morgan fingerprint density at radius 1 is 1.47 bits per heavy atom. The van der Waals surface area contributed by atoms with Crippen molar-refractivity contribution in [2.75, 3.05) is 29.6 Å². The van der Waals surface area contributed by atoms with Gasteiger partial charge in [0.1, 0.15) is 15.9 Å². The zero-order valence-corrected chi connectivity index (χ0v) is 10.4. The normalized spacial score (nSPS) is 10.8. The molecule has 0 aromatic heterocycles. The summed E-state index contributed by atoms with van der Waals surface area (Å²) < 4.78 is 21.8. The number of hydrogen-bond acceptors (Lipinski definition) is 5. The molecule has 6 heteroatoms. The summed E-state index contributed by atoms with van der Waals surface area (Å²) in [6.45, 7) is 0.554. The highest BCUT2D eigenvalue weighted by Crippen LogP contribution is 2.16. The van der Waals surface area contributed by atoms with Crippen LogP contribution < -0.4 is 11.1 Å². The maximum absolute atomic E-state index is 10.9. The van der Waals surface area contributed by atoms with Crippen LogP contribution in [0.3, 0.4) is 0 Å². The number of anilines is 2. The largest absolute Gasteiger partial charge is 0.398 e. The van der Waals surface area contributed by atoms with E-state index in [-0.39, 0.29) is 5.75 Å². The van der Waals surface area contributed by atoms with E-state index in [0.717, 1.165) is 5.69 Å². The lowest BCUT2D eigenvalue weighted by molar-refractivity contribution is 0.600. The number of nitrogens with one attached hydrogen (secondary N) is 1. The van der Waals surface area contributed by atoms with Crippen molar-refractivity contribution in [2.45, 2.75) is 6.42 Å². The summed E-state index contributed by atoms with van der Waals surface area (Å²) in [5.41, 5.74) is 7.29. The van der Waals surface area contributed by atoms with E-state index in [1.807, 2.05) is 6.07 Å². The molecule has 0 saturated carbocycles. The van der Waals surface area contributed by atoms with E-state index in [2.05, 4.69) is 5.32 Å². The third-order valence-corrected chi connectivity index (χ3v) is 3.22. The van der Waals surface area contributed by atoms with Crippen molar-refractivity contribution in [3.8, 4) is 6.07 Å². The third-order valence-electron chi connectivity index (χ3n) is 2.19. The molecule has 0 spiro atoms. The molecule has 0 heterocycles. The minimum absolute atomic E-state index is 0.158. The molecule has 92 valence electrons. The first-order valence-electron chi connectivity index (χ1n) is 5.13. The topological polar surface area (TPSA) is 96.0 Å². The van der Waals surface area contributed by atoms with Gasteiger partial charge in [-0.25, -0.2) is 8.42 Å². The van der Waals surface area contributed by atoms with Crippen molar-refractivity contribution >= 4 is 21.2 Å².